The van der Waals surface area contributed by atoms with Crippen LogP contribution in [0.2, 0.25) is 0 Å². The number of nitrogens with one attached hydrogen (secondary N) is 1. The van der Waals surface area contributed by atoms with Gasteiger partial charge in [0.15, 0.2) is 9.84 Å². The zero-order valence-corrected chi connectivity index (χ0v) is 11.9. The largest absolute Gasteiger partial charge is 0.352 e. The van der Waals surface area contributed by atoms with Gasteiger partial charge >= 0.3 is 0 Å². The van der Waals surface area contributed by atoms with E-state index in [4.69, 9.17) is 0 Å². The van der Waals surface area contributed by atoms with E-state index < -0.39 is 15.1 Å². The Kier molecular flexibility index (Phi) is 4.58. The van der Waals surface area contributed by atoms with Crippen LogP contribution in [-0.4, -0.2) is 31.9 Å². The van der Waals surface area contributed by atoms with Crippen LogP contribution in [0.4, 0.5) is 0 Å². The summed E-state index contributed by atoms with van der Waals surface area (Å²) < 4.78 is 22.6. The molecule has 100 valence electrons. The SMILES string of the molecule is CC1CCCC(NC(=O)C(C)S(C)(=O)=O)C1C. The molecule has 17 heavy (non-hydrogen) atoms. The van der Waals surface area contributed by atoms with Gasteiger partial charge in [-0.1, -0.05) is 26.7 Å². The first-order chi connectivity index (χ1) is 7.73. The number of sulfone groups is 1. The molecule has 1 saturated carbocycles. The minimum atomic E-state index is -3.30. The van der Waals surface area contributed by atoms with Crippen molar-refractivity contribution in [2.45, 2.75) is 51.3 Å². The van der Waals surface area contributed by atoms with Crippen LogP contribution in [0.25, 0.3) is 0 Å². The van der Waals surface area contributed by atoms with E-state index in [1.54, 1.807) is 0 Å². The molecule has 0 aliphatic heterocycles. The van der Waals surface area contributed by atoms with Crippen molar-refractivity contribution in [3.8, 4) is 0 Å². The van der Waals surface area contributed by atoms with Gasteiger partial charge in [0.1, 0.15) is 5.25 Å². The van der Waals surface area contributed by atoms with Gasteiger partial charge in [-0.25, -0.2) is 8.42 Å². The molecule has 4 unspecified atom stereocenters. The van der Waals surface area contributed by atoms with Crippen LogP contribution < -0.4 is 5.32 Å². The highest BCUT2D eigenvalue weighted by molar-refractivity contribution is 7.92. The second-order valence-corrected chi connectivity index (χ2v) is 7.72. The predicted octanol–water partition coefficient (Wildman–Crippen LogP) is 1.36. The lowest BCUT2D eigenvalue weighted by Gasteiger charge is -2.35. The molecule has 1 aliphatic carbocycles. The third-order valence-electron chi connectivity index (χ3n) is 4.05. The van der Waals surface area contributed by atoms with Crippen LogP contribution in [-0.2, 0) is 14.6 Å². The van der Waals surface area contributed by atoms with Crippen LogP contribution in [0.15, 0.2) is 0 Å². The topological polar surface area (TPSA) is 63.2 Å². The standard InChI is InChI=1S/C12H23NO3S/c1-8-6-5-7-11(9(8)2)13-12(14)10(3)17(4,15)16/h8-11H,5-7H2,1-4H3,(H,13,14). The summed E-state index contributed by atoms with van der Waals surface area (Å²) in [6.45, 7) is 5.75. The van der Waals surface area contributed by atoms with E-state index in [0.29, 0.717) is 11.8 Å². The summed E-state index contributed by atoms with van der Waals surface area (Å²) in [6, 6.07) is 0.121. The van der Waals surface area contributed by atoms with E-state index in [9.17, 15) is 13.2 Å². The molecule has 5 heteroatoms. The zero-order valence-electron chi connectivity index (χ0n) is 11.1. The minimum Gasteiger partial charge on any atom is -0.352 e. The molecule has 0 heterocycles. The van der Waals surface area contributed by atoms with E-state index in [2.05, 4.69) is 19.2 Å². The molecule has 0 spiro atoms. The van der Waals surface area contributed by atoms with E-state index in [1.807, 2.05) is 0 Å². The quantitative estimate of drug-likeness (QED) is 0.834. The normalized spacial score (nSPS) is 31.9. The van der Waals surface area contributed by atoms with Gasteiger partial charge in [-0.3, -0.25) is 4.79 Å². The monoisotopic (exact) mass is 261 g/mol. The van der Waals surface area contributed by atoms with Gasteiger partial charge in [0.2, 0.25) is 5.91 Å². The lowest BCUT2D eigenvalue weighted by molar-refractivity contribution is -0.121. The summed E-state index contributed by atoms with van der Waals surface area (Å²) in [5, 5.41) is 1.94. The van der Waals surface area contributed by atoms with Crippen molar-refractivity contribution in [3.05, 3.63) is 0 Å². The van der Waals surface area contributed by atoms with Crippen molar-refractivity contribution in [1.82, 2.24) is 5.32 Å². The van der Waals surface area contributed by atoms with Crippen molar-refractivity contribution < 1.29 is 13.2 Å². The first kappa shape index (κ1) is 14.5. The van der Waals surface area contributed by atoms with E-state index in [1.165, 1.54) is 13.3 Å². The smallest absolute Gasteiger partial charge is 0.238 e. The van der Waals surface area contributed by atoms with Crippen molar-refractivity contribution in [3.63, 3.8) is 0 Å². The molecule has 1 aliphatic rings. The lowest BCUT2D eigenvalue weighted by Crippen LogP contribution is -2.48. The fraction of sp³-hybridized carbons (Fsp3) is 0.917. The third kappa shape index (κ3) is 3.69. The van der Waals surface area contributed by atoms with Gasteiger partial charge in [-0.2, -0.15) is 0 Å². The van der Waals surface area contributed by atoms with Gasteiger partial charge in [0, 0.05) is 12.3 Å². The maximum atomic E-state index is 11.8. The van der Waals surface area contributed by atoms with E-state index in [0.717, 1.165) is 19.1 Å². The summed E-state index contributed by atoms with van der Waals surface area (Å²) in [5.41, 5.74) is 0. The molecule has 0 aromatic carbocycles. The molecule has 0 aromatic heterocycles. The molecule has 1 amide bonds. The maximum absolute atomic E-state index is 11.8. The molecule has 4 nitrogen and oxygen atoms in total. The van der Waals surface area contributed by atoms with Gasteiger partial charge in [-0.05, 0) is 25.2 Å². The minimum absolute atomic E-state index is 0.121. The molecule has 1 fully saturated rings. The van der Waals surface area contributed by atoms with Crippen molar-refractivity contribution in [1.29, 1.82) is 0 Å². The predicted molar refractivity (Wildman–Crippen MR) is 68.4 cm³/mol. The fourth-order valence-corrected chi connectivity index (χ4v) is 2.74. The number of hydrogen-bond acceptors (Lipinski definition) is 3. The Hall–Kier alpha value is -0.580. The summed E-state index contributed by atoms with van der Waals surface area (Å²) in [7, 11) is -3.30. The van der Waals surface area contributed by atoms with Crippen molar-refractivity contribution >= 4 is 15.7 Å². The second kappa shape index (κ2) is 5.38. The Bertz CT molecular complexity index is 377. The molecule has 1 N–H and O–H groups in total. The van der Waals surface area contributed by atoms with Crippen molar-refractivity contribution in [2.75, 3.05) is 6.26 Å². The Balaban J connectivity index is 2.62. The highest BCUT2D eigenvalue weighted by Gasteiger charge is 2.31. The molecule has 4 atom stereocenters. The molecular formula is C12H23NO3S. The molecule has 0 saturated heterocycles. The number of carbonyl (C=O) groups is 1. The number of hydrogen-bond donors (Lipinski definition) is 1. The number of rotatable bonds is 3. The average Bonchev–Trinajstić information content (AvgIpc) is 2.22. The molecule has 0 bridgehead atoms. The van der Waals surface area contributed by atoms with Gasteiger partial charge in [0.05, 0.1) is 0 Å². The molecular weight excluding hydrogens is 238 g/mol. The number of carbonyl (C=O) groups excluding carboxylic acids is 1. The first-order valence-corrected chi connectivity index (χ1v) is 8.18. The highest BCUT2D eigenvalue weighted by atomic mass is 32.2. The Labute approximate surface area is 104 Å². The zero-order chi connectivity index (χ0) is 13.2. The van der Waals surface area contributed by atoms with E-state index >= 15 is 0 Å². The lowest BCUT2D eigenvalue weighted by atomic mass is 9.78. The summed E-state index contributed by atoms with van der Waals surface area (Å²) in [4.78, 5) is 11.8. The molecule has 1 rings (SSSR count). The summed E-state index contributed by atoms with van der Waals surface area (Å²) in [6.07, 6.45) is 4.34. The first-order valence-electron chi connectivity index (χ1n) is 6.22. The van der Waals surface area contributed by atoms with Gasteiger partial charge < -0.3 is 5.32 Å². The van der Waals surface area contributed by atoms with Gasteiger partial charge in [0.25, 0.3) is 0 Å². The third-order valence-corrected chi connectivity index (χ3v) is 5.54. The van der Waals surface area contributed by atoms with Crippen LogP contribution in [0.5, 0.6) is 0 Å². The Morgan fingerprint density at radius 2 is 1.88 bits per heavy atom. The Morgan fingerprint density at radius 1 is 1.29 bits per heavy atom. The maximum Gasteiger partial charge on any atom is 0.238 e. The number of amides is 1. The van der Waals surface area contributed by atoms with Crippen LogP contribution in [0.3, 0.4) is 0 Å². The van der Waals surface area contributed by atoms with Crippen molar-refractivity contribution in [2.24, 2.45) is 11.8 Å². The summed E-state index contributed by atoms with van der Waals surface area (Å²) in [5.74, 6) is 0.639. The van der Waals surface area contributed by atoms with Crippen LogP contribution in [0.1, 0.15) is 40.0 Å². The second-order valence-electron chi connectivity index (χ2n) is 5.35. The molecule has 0 radical (unpaired) electrons. The van der Waals surface area contributed by atoms with Gasteiger partial charge in [-0.15, -0.1) is 0 Å². The fourth-order valence-electron chi connectivity index (χ4n) is 2.28. The average molecular weight is 261 g/mol. The van der Waals surface area contributed by atoms with Crippen LogP contribution in [0, 0.1) is 11.8 Å². The van der Waals surface area contributed by atoms with E-state index in [-0.39, 0.29) is 11.9 Å². The Morgan fingerprint density at radius 3 is 2.41 bits per heavy atom. The molecule has 0 aromatic rings. The highest BCUT2D eigenvalue weighted by Crippen LogP contribution is 2.29. The summed E-state index contributed by atoms with van der Waals surface area (Å²) >= 11 is 0. The van der Waals surface area contributed by atoms with Crippen LogP contribution >= 0.6 is 0 Å².